The number of nitriles is 1. The molecule has 5 amide bonds. The second kappa shape index (κ2) is 7.37. The van der Waals surface area contributed by atoms with Crippen LogP contribution in [-0.4, -0.2) is 66.5 Å². The molecule has 4 aliphatic heterocycles. The van der Waals surface area contributed by atoms with Gasteiger partial charge < -0.3 is 18.9 Å². The number of imide groups is 2. The summed E-state index contributed by atoms with van der Waals surface area (Å²) in [6, 6.07) is 1.48. The Morgan fingerprint density at radius 1 is 1.19 bits per heavy atom. The number of rotatable bonds is 1. The highest BCUT2D eigenvalue weighted by atomic mass is 19.1. The molecule has 2 N–H and O–H groups in total. The van der Waals surface area contributed by atoms with Crippen molar-refractivity contribution in [3.63, 3.8) is 0 Å². The summed E-state index contributed by atoms with van der Waals surface area (Å²) in [7, 11) is 0. The van der Waals surface area contributed by atoms with Crippen molar-refractivity contribution in [1.29, 1.82) is 5.26 Å². The molecule has 0 unspecified atom stereocenters. The van der Waals surface area contributed by atoms with E-state index in [1.54, 1.807) is 18.7 Å². The van der Waals surface area contributed by atoms with Gasteiger partial charge in [-0.1, -0.05) is 5.16 Å². The maximum atomic E-state index is 16.1. The van der Waals surface area contributed by atoms with E-state index >= 15 is 4.39 Å². The van der Waals surface area contributed by atoms with E-state index in [0.717, 1.165) is 4.90 Å². The topological polar surface area (TPSA) is 167 Å². The third-order valence-electron chi connectivity index (χ3n) is 7.16. The molecule has 4 atom stereocenters. The van der Waals surface area contributed by atoms with Crippen LogP contribution in [0.4, 0.5) is 25.5 Å². The Labute approximate surface area is 202 Å². The van der Waals surface area contributed by atoms with Crippen LogP contribution in [0.15, 0.2) is 10.6 Å². The van der Waals surface area contributed by atoms with Crippen LogP contribution in [-0.2, 0) is 25.5 Å². The number of benzene rings is 1. The first-order valence-corrected chi connectivity index (χ1v) is 11.2. The number of ether oxygens (including phenoxy) is 2. The number of amides is 5. The summed E-state index contributed by atoms with van der Waals surface area (Å²) in [5, 5.41) is 17.4. The summed E-state index contributed by atoms with van der Waals surface area (Å²) >= 11 is 0. The van der Waals surface area contributed by atoms with E-state index in [2.05, 4.69) is 15.8 Å². The number of halogens is 1. The maximum absolute atomic E-state index is 16.1. The van der Waals surface area contributed by atoms with E-state index in [4.69, 9.17) is 19.3 Å². The molecule has 14 heteroatoms. The number of cyclic esters (lactones) is 1. The van der Waals surface area contributed by atoms with Crippen LogP contribution in [0.3, 0.4) is 0 Å². The highest BCUT2D eigenvalue weighted by Crippen LogP contribution is 2.49. The molecule has 4 aliphatic rings. The van der Waals surface area contributed by atoms with Crippen molar-refractivity contribution in [3.8, 4) is 6.07 Å². The van der Waals surface area contributed by atoms with Crippen molar-refractivity contribution in [2.45, 2.75) is 44.6 Å². The van der Waals surface area contributed by atoms with Crippen LogP contribution in [0.1, 0.15) is 19.4 Å². The lowest BCUT2D eigenvalue weighted by Gasteiger charge is -2.55. The van der Waals surface area contributed by atoms with Crippen LogP contribution >= 0.6 is 0 Å². The summed E-state index contributed by atoms with van der Waals surface area (Å²) in [4.78, 5) is 53.4. The molecule has 0 aliphatic carbocycles. The molecule has 186 valence electrons. The molecule has 5 heterocycles. The number of aromatic nitrogens is 1. The normalized spacial score (nSPS) is 28.9. The lowest BCUT2D eigenvalue weighted by atomic mass is 9.66. The highest BCUT2D eigenvalue weighted by Gasteiger charge is 2.63. The molecule has 0 radical (unpaired) electrons. The van der Waals surface area contributed by atoms with E-state index in [1.807, 2.05) is 6.07 Å². The molecule has 1 spiro atoms. The summed E-state index contributed by atoms with van der Waals surface area (Å²) in [5.41, 5.74) is -1.62. The second-order valence-electron chi connectivity index (χ2n) is 9.33. The number of carbonyl (C=O) groups is 4. The number of hydrogen-bond donors (Lipinski definition) is 2. The number of anilines is 2. The number of hydrogen-bond acceptors (Lipinski definition) is 10. The fourth-order valence-electron chi connectivity index (χ4n) is 5.83. The number of nitrogens with one attached hydrogen (secondary N) is 2. The van der Waals surface area contributed by atoms with Crippen LogP contribution in [0.2, 0.25) is 0 Å². The van der Waals surface area contributed by atoms with Gasteiger partial charge in [0.2, 0.25) is 23.5 Å². The Hall–Kier alpha value is -4.25. The number of barbiturate groups is 1. The van der Waals surface area contributed by atoms with Crippen LogP contribution in [0.5, 0.6) is 0 Å². The molecule has 0 saturated carbocycles. The molecule has 3 fully saturated rings. The van der Waals surface area contributed by atoms with Crippen molar-refractivity contribution in [2.75, 3.05) is 22.9 Å². The zero-order valence-electron chi connectivity index (χ0n) is 19.0. The number of carbonyl (C=O) groups excluding carboxylic acids is 4. The molecular formula is C22H19FN6O7. The fraction of sp³-hybridized carbons (Fsp3) is 0.455. The van der Waals surface area contributed by atoms with E-state index in [0.29, 0.717) is 0 Å². The molecule has 0 bridgehead atoms. The van der Waals surface area contributed by atoms with Crippen molar-refractivity contribution in [2.24, 2.45) is 5.41 Å². The lowest BCUT2D eigenvalue weighted by molar-refractivity contribution is -0.153. The third-order valence-corrected chi connectivity index (χ3v) is 7.16. The van der Waals surface area contributed by atoms with Gasteiger partial charge in [-0.15, -0.1) is 0 Å². The van der Waals surface area contributed by atoms with Gasteiger partial charge in [0.1, 0.15) is 6.07 Å². The average molecular weight is 498 g/mol. The molecule has 36 heavy (non-hydrogen) atoms. The van der Waals surface area contributed by atoms with Crippen LogP contribution < -0.4 is 20.4 Å². The first kappa shape index (κ1) is 22.2. The fourth-order valence-corrected chi connectivity index (χ4v) is 5.83. The monoisotopic (exact) mass is 498 g/mol. The predicted molar refractivity (Wildman–Crippen MR) is 116 cm³/mol. The number of morpholine rings is 1. The van der Waals surface area contributed by atoms with E-state index in [-0.39, 0.29) is 53.7 Å². The molecule has 1 aromatic carbocycles. The Kier molecular flexibility index (Phi) is 4.55. The molecular weight excluding hydrogens is 479 g/mol. The first-order valence-electron chi connectivity index (χ1n) is 11.2. The van der Waals surface area contributed by atoms with Gasteiger partial charge >= 0.3 is 12.1 Å². The molecule has 3 saturated heterocycles. The Morgan fingerprint density at radius 3 is 2.58 bits per heavy atom. The molecule has 2 aromatic rings. The standard InChI is InChI=1S/C22H19FN6O7/c1-8-6-28-14-10(4-22(16(28)9(2)34-8)18(30)25-20(32)26-19(22)31)3-12-15(13(14)23)36-27-17(12)29-7-11(5-24)35-21(29)33/h3,8-9,11,16H,4,6-7H2,1-2H3,(H2,25,26,30,31,32)/t8-,9+,11-,16-/m1/s1. The highest BCUT2D eigenvalue weighted by molar-refractivity contribution is 6.20. The maximum Gasteiger partial charge on any atom is 0.417 e. The zero-order chi connectivity index (χ0) is 25.5. The smallest absolute Gasteiger partial charge is 0.417 e. The van der Waals surface area contributed by atoms with Crippen LogP contribution in [0, 0.1) is 22.6 Å². The Bertz CT molecular complexity index is 1400. The SMILES string of the molecule is C[C@@H]1CN2c3c(cc4c(N5C[C@@H](C#N)OC5=O)noc4c3F)CC3(C(=O)NC(=O)NC3=O)[C@H]2[C@H](C)O1. The molecule has 1 aromatic heterocycles. The Morgan fingerprint density at radius 2 is 1.92 bits per heavy atom. The third kappa shape index (κ3) is 2.80. The first-order chi connectivity index (χ1) is 17.1. The number of urea groups is 1. The van der Waals surface area contributed by atoms with Crippen molar-refractivity contribution < 1.29 is 37.6 Å². The van der Waals surface area contributed by atoms with Gasteiger partial charge in [-0.25, -0.2) is 14.0 Å². The van der Waals surface area contributed by atoms with Crippen molar-refractivity contribution >= 4 is 46.4 Å². The number of nitrogens with zero attached hydrogens (tertiary/aromatic N) is 4. The van der Waals surface area contributed by atoms with Crippen molar-refractivity contribution in [1.82, 2.24) is 15.8 Å². The van der Waals surface area contributed by atoms with Gasteiger partial charge in [-0.05, 0) is 25.5 Å². The predicted octanol–water partition coefficient (Wildman–Crippen LogP) is 0.706. The molecule has 13 nitrogen and oxygen atoms in total. The van der Waals surface area contributed by atoms with E-state index in [1.165, 1.54) is 6.07 Å². The summed E-state index contributed by atoms with van der Waals surface area (Å²) in [6.45, 7) is 3.49. The summed E-state index contributed by atoms with van der Waals surface area (Å²) in [6.07, 6.45) is -3.15. The minimum Gasteiger partial charge on any atom is -0.428 e. The van der Waals surface area contributed by atoms with Gasteiger partial charge in [-0.2, -0.15) is 5.26 Å². The van der Waals surface area contributed by atoms with Gasteiger partial charge in [0, 0.05) is 13.0 Å². The van der Waals surface area contributed by atoms with Crippen LogP contribution in [0.25, 0.3) is 11.0 Å². The molecule has 6 rings (SSSR count). The second-order valence-corrected chi connectivity index (χ2v) is 9.33. The van der Waals surface area contributed by atoms with Gasteiger partial charge in [0.05, 0.1) is 35.9 Å². The zero-order valence-corrected chi connectivity index (χ0v) is 19.0. The van der Waals surface area contributed by atoms with E-state index < -0.39 is 53.4 Å². The minimum atomic E-state index is -1.80. The lowest BCUT2D eigenvalue weighted by Crippen LogP contribution is -2.75. The van der Waals surface area contributed by atoms with Gasteiger partial charge in [-0.3, -0.25) is 25.1 Å². The Balaban J connectivity index is 1.56. The van der Waals surface area contributed by atoms with Gasteiger partial charge in [0.15, 0.2) is 17.1 Å². The number of fused-ring (bicyclic) bond motifs is 5. The summed E-state index contributed by atoms with van der Waals surface area (Å²) in [5.74, 6) is -2.46. The average Bonchev–Trinajstić information content (AvgIpc) is 3.39. The minimum absolute atomic E-state index is 0.0536. The van der Waals surface area contributed by atoms with Gasteiger partial charge in [0.25, 0.3) is 0 Å². The van der Waals surface area contributed by atoms with E-state index in [9.17, 15) is 19.2 Å². The largest absolute Gasteiger partial charge is 0.428 e. The summed E-state index contributed by atoms with van der Waals surface area (Å²) < 4.78 is 32.2. The van der Waals surface area contributed by atoms with Crippen molar-refractivity contribution in [3.05, 3.63) is 17.4 Å². The quantitative estimate of drug-likeness (QED) is 0.534.